The Balaban J connectivity index is 2.17. The van der Waals surface area contributed by atoms with Gasteiger partial charge in [-0.25, -0.2) is 4.89 Å². The zero-order chi connectivity index (χ0) is 10.3. The number of nitrogens with one attached hydrogen (secondary N) is 1. The molecule has 1 fully saturated rings. The van der Waals surface area contributed by atoms with Gasteiger partial charge in [0.2, 0.25) is 5.18 Å². The highest BCUT2D eigenvalue weighted by Crippen LogP contribution is 2.24. The van der Waals surface area contributed by atoms with E-state index >= 15 is 0 Å². The predicted molar refractivity (Wildman–Crippen MR) is 57.0 cm³/mol. The number of hydrogen-bond acceptors (Lipinski definition) is 3. The van der Waals surface area contributed by atoms with Gasteiger partial charge in [-0.15, -0.1) is 0 Å². The van der Waals surface area contributed by atoms with Crippen LogP contribution in [0.3, 0.4) is 0 Å². The van der Waals surface area contributed by atoms with Crippen LogP contribution in [0.5, 0.6) is 0 Å². The maximum absolute atomic E-state index is 6.20. The van der Waals surface area contributed by atoms with Crippen molar-refractivity contribution in [3.63, 3.8) is 0 Å². The van der Waals surface area contributed by atoms with Crippen LogP contribution >= 0.6 is 11.6 Å². The molecule has 0 aromatic rings. The lowest BCUT2D eigenvalue weighted by atomic mass is 10.2. The van der Waals surface area contributed by atoms with Crippen LogP contribution in [0.4, 0.5) is 0 Å². The van der Waals surface area contributed by atoms with Gasteiger partial charge in [0.25, 0.3) is 0 Å². The van der Waals surface area contributed by atoms with Gasteiger partial charge in [0.1, 0.15) is 0 Å². The largest absolute Gasteiger partial charge is 0.274 e. The van der Waals surface area contributed by atoms with Gasteiger partial charge in [-0.05, 0) is 25.8 Å². The van der Waals surface area contributed by atoms with Crippen LogP contribution in [0.2, 0.25) is 0 Å². The summed E-state index contributed by atoms with van der Waals surface area (Å²) in [4.78, 5) is 10.1. The lowest BCUT2D eigenvalue weighted by molar-refractivity contribution is -0.338. The van der Waals surface area contributed by atoms with Crippen molar-refractivity contribution in [1.29, 1.82) is 0 Å². The van der Waals surface area contributed by atoms with Crippen LogP contribution in [0.25, 0.3) is 0 Å². The van der Waals surface area contributed by atoms with Crippen LogP contribution in [0.1, 0.15) is 45.4 Å². The fourth-order valence-corrected chi connectivity index (χ4v) is 1.73. The third-order valence-corrected chi connectivity index (χ3v) is 2.72. The first kappa shape index (κ1) is 12.2. The van der Waals surface area contributed by atoms with Gasteiger partial charge in [0, 0.05) is 6.42 Å². The van der Waals surface area contributed by atoms with Gasteiger partial charge in [0.15, 0.2) is 0 Å². The number of alkyl halides is 1. The van der Waals surface area contributed by atoms with Crippen molar-refractivity contribution < 1.29 is 9.78 Å². The first-order valence-electron chi connectivity index (χ1n) is 5.51. The first-order chi connectivity index (χ1) is 6.77. The second kappa shape index (κ2) is 6.62. The van der Waals surface area contributed by atoms with Crippen LogP contribution in [0, 0.1) is 0 Å². The van der Waals surface area contributed by atoms with Crippen molar-refractivity contribution in [2.45, 2.75) is 50.6 Å². The van der Waals surface area contributed by atoms with E-state index < -0.39 is 5.18 Å². The second-order valence-electron chi connectivity index (χ2n) is 3.72. The smallest absolute Gasteiger partial charge is 0.229 e. The maximum Gasteiger partial charge on any atom is 0.229 e. The molecule has 0 amide bonds. The maximum atomic E-state index is 6.20. The van der Waals surface area contributed by atoms with Gasteiger partial charge in [0.05, 0.1) is 6.61 Å². The summed E-state index contributed by atoms with van der Waals surface area (Å²) < 4.78 is 0. The molecule has 0 aromatic heterocycles. The minimum absolute atomic E-state index is 0.644. The second-order valence-corrected chi connectivity index (χ2v) is 4.34. The monoisotopic (exact) mass is 221 g/mol. The molecule has 0 radical (unpaired) electrons. The minimum atomic E-state index is -0.787. The fourth-order valence-electron chi connectivity index (χ4n) is 1.46. The van der Waals surface area contributed by atoms with Crippen LogP contribution < -0.4 is 5.32 Å². The predicted octanol–water partition coefficient (Wildman–Crippen LogP) is 2.79. The molecule has 0 aromatic carbocycles. The Kier molecular flexibility index (Phi) is 5.78. The van der Waals surface area contributed by atoms with E-state index in [2.05, 4.69) is 12.2 Å². The molecule has 3 nitrogen and oxygen atoms in total. The molecular formula is C10H20ClNO2. The van der Waals surface area contributed by atoms with E-state index in [1.165, 1.54) is 12.8 Å². The molecular weight excluding hydrogens is 202 g/mol. The van der Waals surface area contributed by atoms with Gasteiger partial charge in [-0.1, -0.05) is 31.4 Å². The molecule has 14 heavy (non-hydrogen) atoms. The topological polar surface area (TPSA) is 30.5 Å². The van der Waals surface area contributed by atoms with Gasteiger partial charge < -0.3 is 0 Å². The first-order valence-corrected chi connectivity index (χ1v) is 5.89. The van der Waals surface area contributed by atoms with E-state index in [0.717, 1.165) is 32.2 Å². The third-order valence-electron chi connectivity index (χ3n) is 2.34. The molecule has 1 saturated heterocycles. The molecule has 0 bridgehead atoms. The molecule has 0 spiro atoms. The molecule has 1 atom stereocenters. The highest BCUT2D eigenvalue weighted by Gasteiger charge is 2.30. The third kappa shape index (κ3) is 4.60. The fraction of sp³-hybridized carbons (Fsp3) is 1.00. The Bertz CT molecular complexity index is 147. The van der Waals surface area contributed by atoms with Crippen molar-refractivity contribution in [3.8, 4) is 0 Å². The summed E-state index contributed by atoms with van der Waals surface area (Å²) in [7, 11) is 0. The zero-order valence-corrected chi connectivity index (χ0v) is 9.61. The Labute approximate surface area is 91.0 Å². The summed E-state index contributed by atoms with van der Waals surface area (Å²) in [6, 6.07) is 0. The van der Waals surface area contributed by atoms with E-state index in [-0.39, 0.29) is 0 Å². The lowest BCUT2D eigenvalue weighted by Gasteiger charge is -2.24. The summed E-state index contributed by atoms with van der Waals surface area (Å²) in [5.74, 6) is 0. The van der Waals surface area contributed by atoms with E-state index in [1.54, 1.807) is 0 Å². The number of rotatable bonds is 5. The molecule has 1 aliphatic heterocycles. The summed E-state index contributed by atoms with van der Waals surface area (Å²) in [5.41, 5.74) is 0. The summed E-state index contributed by atoms with van der Waals surface area (Å²) in [5, 5.41) is 2.40. The zero-order valence-electron chi connectivity index (χ0n) is 8.85. The summed E-state index contributed by atoms with van der Waals surface area (Å²) in [6.07, 6.45) is 6.44. The average molecular weight is 222 g/mol. The Morgan fingerprint density at radius 1 is 1.36 bits per heavy atom. The van der Waals surface area contributed by atoms with Gasteiger partial charge in [-0.3, -0.25) is 5.32 Å². The van der Waals surface area contributed by atoms with E-state index in [9.17, 15) is 0 Å². The standard InChI is InChI=1S/C10H20ClNO2/c1-2-3-5-8-12-10(11)7-4-6-9-13-14-10/h12H,2-9H2,1H3. The van der Waals surface area contributed by atoms with Gasteiger partial charge >= 0.3 is 0 Å². The molecule has 1 heterocycles. The van der Waals surface area contributed by atoms with E-state index in [1.807, 2.05) is 0 Å². The highest BCUT2D eigenvalue weighted by molar-refractivity contribution is 6.22. The van der Waals surface area contributed by atoms with Gasteiger partial charge in [-0.2, -0.15) is 4.89 Å². The van der Waals surface area contributed by atoms with Crippen LogP contribution in [-0.4, -0.2) is 18.3 Å². The lowest BCUT2D eigenvalue weighted by Crippen LogP contribution is -2.42. The number of hydrogen-bond donors (Lipinski definition) is 1. The minimum Gasteiger partial charge on any atom is -0.274 e. The molecule has 4 heteroatoms. The van der Waals surface area contributed by atoms with Crippen molar-refractivity contribution in [1.82, 2.24) is 5.32 Å². The van der Waals surface area contributed by atoms with Crippen molar-refractivity contribution in [3.05, 3.63) is 0 Å². The number of halogens is 1. The van der Waals surface area contributed by atoms with E-state index in [4.69, 9.17) is 21.4 Å². The average Bonchev–Trinajstić information content (AvgIpc) is 2.39. The van der Waals surface area contributed by atoms with Crippen LogP contribution in [0.15, 0.2) is 0 Å². The normalized spacial score (nSPS) is 28.7. The van der Waals surface area contributed by atoms with Crippen LogP contribution in [-0.2, 0) is 9.78 Å². The Morgan fingerprint density at radius 3 is 3.00 bits per heavy atom. The van der Waals surface area contributed by atoms with Crippen molar-refractivity contribution in [2.75, 3.05) is 13.2 Å². The molecule has 1 aliphatic rings. The Morgan fingerprint density at radius 2 is 2.21 bits per heavy atom. The molecule has 84 valence electrons. The quantitative estimate of drug-likeness (QED) is 0.335. The summed E-state index contributed by atoms with van der Waals surface area (Å²) in [6.45, 7) is 3.72. The molecule has 1 unspecified atom stereocenters. The van der Waals surface area contributed by atoms with E-state index in [0.29, 0.717) is 6.61 Å². The Hall–Kier alpha value is 0.170. The SMILES string of the molecule is CCCCCNC1(Cl)CCCCOO1. The van der Waals surface area contributed by atoms with Crippen molar-refractivity contribution in [2.24, 2.45) is 0 Å². The number of unbranched alkanes of at least 4 members (excludes halogenated alkanes) is 2. The molecule has 0 aliphatic carbocycles. The molecule has 0 saturated carbocycles. The van der Waals surface area contributed by atoms with Crippen molar-refractivity contribution >= 4 is 11.6 Å². The molecule has 1 rings (SSSR count). The molecule has 1 N–H and O–H groups in total. The highest BCUT2D eigenvalue weighted by atomic mass is 35.5. The summed E-state index contributed by atoms with van der Waals surface area (Å²) >= 11 is 6.20.